The van der Waals surface area contributed by atoms with Gasteiger partial charge in [-0.3, -0.25) is 4.40 Å². The minimum Gasteiger partial charge on any atom is -0.379 e. The van der Waals surface area contributed by atoms with E-state index in [1.165, 1.54) is 0 Å². The maximum atomic E-state index is 5.60. The zero-order valence-electron chi connectivity index (χ0n) is 7.83. The van der Waals surface area contributed by atoms with Crippen LogP contribution in [0, 0.1) is 0 Å². The Morgan fingerprint density at radius 1 is 1.25 bits per heavy atom. The lowest BCUT2D eigenvalue weighted by Crippen LogP contribution is -1.94. The predicted molar refractivity (Wildman–Crippen MR) is 58.4 cm³/mol. The Labute approximate surface area is 97.4 Å². The molecular formula is C8H5BrN6O. The lowest BCUT2D eigenvalue weighted by molar-refractivity contribution is 0.310. The molecule has 8 heteroatoms. The lowest BCUT2D eigenvalue weighted by atomic mass is 10.4. The van der Waals surface area contributed by atoms with E-state index in [1.807, 2.05) is 18.3 Å². The SMILES string of the molecule is Nc1nonc1-c1nnc2ccc(Br)cn12. The topological polar surface area (TPSA) is 95.1 Å². The Bertz CT molecular complexity index is 659. The van der Waals surface area contributed by atoms with E-state index < -0.39 is 0 Å². The van der Waals surface area contributed by atoms with Gasteiger partial charge in [0.15, 0.2) is 23.0 Å². The molecule has 0 atom stereocenters. The monoisotopic (exact) mass is 280 g/mol. The number of hydrogen-bond donors (Lipinski definition) is 1. The summed E-state index contributed by atoms with van der Waals surface area (Å²) in [4.78, 5) is 0. The van der Waals surface area contributed by atoms with Gasteiger partial charge in [-0.2, -0.15) is 0 Å². The highest BCUT2D eigenvalue weighted by molar-refractivity contribution is 9.10. The number of pyridine rings is 1. The van der Waals surface area contributed by atoms with Gasteiger partial charge in [-0.25, -0.2) is 4.63 Å². The Hall–Kier alpha value is -1.96. The maximum absolute atomic E-state index is 5.60. The van der Waals surface area contributed by atoms with Crippen LogP contribution >= 0.6 is 15.9 Å². The van der Waals surface area contributed by atoms with Gasteiger partial charge in [0, 0.05) is 10.7 Å². The fraction of sp³-hybridized carbons (Fsp3) is 0. The first-order valence-electron chi connectivity index (χ1n) is 4.34. The molecule has 0 amide bonds. The van der Waals surface area contributed by atoms with Crippen LogP contribution in [0.15, 0.2) is 27.4 Å². The number of hydrogen-bond acceptors (Lipinski definition) is 6. The van der Waals surface area contributed by atoms with E-state index in [2.05, 4.69) is 41.1 Å². The molecule has 3 rings (SSSR count). The van der Waals surface area contributed by atoms with Crippen molar-refractivity contribution in [3.05, 3.63) is 22.8 Å². The van der Waals surface area contributed by atoms with Crippen molar-refractivity contribution in [2.75, 3.05) is 5.73 Å². The standard InChI is InChI=1S/C8H5BrN6O/c9-4-1-2-5-11-12-8(15(5)3-4)6-7(10)14-16-13-6/h1-3H,(H2,10,14). The molecule has 0 saturated heterocycles. The highest BCUT2D eigenvalue weighted by atomic mass is 79.9. The van der Waals surface area contributed by atoms with Gasteiger partial charge < -0.3 is 5.73 Å². The molecular weight excluding hydrogens is 276 g/mol. The molecule has 3 aromatic heterocycles. The van der Waals surface area contributed by atoms with Crippen LogP contribution in [-0.4, -0.2) is 24.9 Å². The van der Waals surface area contributed by atoms with Gasteiger partial charge in [-0.1, -0.05) is 0 Å². The Morgan fingerprint density at radius 3 is 2.88 bits per heavy atom. The molecule has 0 radical (unpaired) electrons. The number of halogens is 1. The van der Waals surface area contributed by atoms with Crippen molar-refractivity contribution in [1.82, 2.24) is 24.9 Å². The number of nitrogens with zero attached hydrogens (tertiary/aromatic N) is 5. The molecule has 3 aromatic rings. The molecule has 0 saturated carbocycles. The normalized spacial score (nSPS) is 11.1. The summed E-state index contributed by atoms with van der Waals surface area (Å²) in [5.74, 6) is 0.685. The van der Waals surface area contributed by atoms with Crippen molar-refractivity contribution < 1.29 is 4.63 Å². The van der Waals surface area contributed by atoms with E-state index in [9.17, 15) is 0 Å². The Morgan fingerprint density at radius 2 is 2.12 bits per heavy atom. The van der Waals surface area contributed by atoms with Gasteiger partial charge in [0.1, 0.15) is 0 Å². The molecule has 0 unspecified atom stereocenters. The van der Waals surface area contributed by atoms with E-state index in [1.54, 1.807) is 4.40 Å². The van der Waals surface area contributed by atoms with Gasteiger partial charge >= 0.3 is 0 Å². The van der Waals surface area contributed by atoms with Crippen LogP contribution in [0.1, 0.15) is 0 Å². The number of fused-ring (bicyclic) bond motifs is 1. The molecule has 0 aliphatic rings. The minimum atomic E-state index is 0.189. The third kappa shape index (κ3) is 1.27. The highest BCUT2D eigenvalue weighted by Crippen LogP contribution is 2.22. The summed E-state index contributed by atoms with van der Waals surface area (Å²) in [7, 11) is 0. The van der Waals surface area contributed by atoms with Crippen molar-refractivity contribution >= 4 is 27.4 Å². The fourth-order valence-electron chi connectivity index (χ4n) is 1.38. The molecule has 0 spiro atoms. The maximum Gasteiger partial charge on any atom is 0.199 e. The number of nitrogens with two attached hydrogens (primary N) is 1. The average molecular weight is 281 g/mol. The number of nitrogen functional groups attached to an aromatic ring is 1. The summed E-state index contributed by atoms with van der Waals surface area (Å²) in [6.07, 6.45) is 1.82. The smallest absolute Gasteiger partial charge is 0.199 e. The third-order valence-corrected chi connectivity index (χ3v) is 2.56. The van der Waals surface area contributed by atoms with Crippen LogP contribution in [0.2, 0.25) is 0 Å². The van der Waals surface area contributed by atoms with Crippen LogP contribution in [0.5, 0.6) is 0 Å². The van der Waals surface area contributed by atoms with Crippen LogP contribution in [0.4, 0.5) is 5.82 Å². The van der Waals surface area contributed by atoms with Crippen molar-refractivity contribution in [2.24, 2.45) is 0 Å². The van der Waals surface area contributed by atoms with Crippen molar-refractivity contribution in [3.63, 3.8) is 0 Å². The summed E-state index contributed by atoms with van der Waals surface area (Å²) in [6, 6.07) is 3.70. The molecule has 0 fully saturated rings. The van der Waals surface area contributed by atoms with Crippen LogP contribution in [0.25, 0.3) is 17.2 Å². The predicted octanol–water partition coefficient (Wildman–Crippen LogP) is 1.12. The molecule has 16 heavy (non-hydrogen) atoms. The first-order valence-corrected chi connectivity index (χ1v) is 5.14. The first-order chi connectivity index (χ1) is 7.75. The average Bonchev–Trinajstić information content (AvgIpc) is 2.83. The molecule has 0 aromatic carbocycles. The second kappa shape index (κ2) is 3.27. The molecule has 7 nitrogen and oxygen atoms in total. The fourth-order valence-corrected chi connectivity index (χ4v) is 1.71. The Balaban J connectivity index is 2.32. The van der Waals surface area contributed by atoms with Gasteiger partial charge in [-0.05, 0) is 38.4 Å². The van der Waals surface area contributed by atoms with E-state index in [4.69, 9.17) is 5.73 Å². The minimum absolute atomic E-state index is 0.189. The van der Waals surface area contributed by atoms with Crippen molar-refractivity contribution in [3.8, 4) is 11.5 Å². The number of anilines is 1. The molecule has 0 bridgehead atoms. The molecule has 0 aliphatic heterocycles. The van der Waals surface area contributed by atoms with Crippen molar-refractivity contribution in [2.45, 2.75) is 0 Å². The molecule has 0 aliphatic carbocycles. The summed E-state index contributed by atoms with van der Waals surface area (Å²) in [6.45, 7) is 0. The van der Waals surface area contributed by atoms with Crippen LogP contribution < -0.4 is 5.73 Å². The largest absolute Gasteiger partial charge is 0.379 e. The quantitative estimate of drug-likeness (QED) is 0.718. The highest BCUT2D eigenvalue weighted by Gasteiger charge is 2.16. The van der Waals surface area contributed by atoms with Crippen LogP contribution in [-0.2, 0) is 0 Å². The van der Waals surface area contributed by atoms with Gasteiger partial charge in [0.25, 0.3) is 0 Å². The number of rotatable bonds is 1. The lowest BCUT2D eigenvalue weighted by Gasteiger charge is -1.96. The van der Waals surface area contributed by atoms with E-state index in [0.717, 1.165) is 4.47 Å². The van der Waals surface area contributed by atoms with Crippen molar-refractivity contribution in [1.29, 1.82) is 0 Å². The van der Waals surface area contributed by atoms with Crippen LogP contribution in [0.3, 0.4) is 0 Å². The third-order valence-electron chi connectivity index (χ3n) is 2.09. The Kier molecular flexibility index (Phi) is 1.90. The molecule has 2 N–H and O–H groups in total. The summed E-state index contributed by atoms with van der Waals surface area (Å²) in [5.41, 5.74) is 6.68. The summed E-state index contributed by atoms with van der Waals surface area (Å²) in [5, 5.41) is 15.2. The van der Waals surface area contributed by atoms with Gasteiger partial charge in [0.05, 0.1) is 0 Å². The zero-order chi connectivity index (χ0) is 11.1. The molecule has 3 heterocycles. The second-order valence-electron chi connectivity index (χ2n) is 3.10. The number of aromatic nitrogens is 5. The second-order valence-corrected chi connectivity index (χ2v) is 4.01. The van der Waals surface area contributed by atoms with Gasteiger partial charge in [0.2, 0.25) is 0 Å². The van der Waals surface area contributed by atoms with E-state index in [0.29, 0.717) is 17.2 Å². The van der Waals surface area contributed by atoms with E-state index >= 15 is 0 Å². The summed E-state index contributed by atoms with van der Waals surface area (Å²) >= 11 is 3.37. The van der Waals surface area contributed by atoms with Gasteiger partial charge in [-0.15, -0.1) is 10.2 Å². The summed E-state index contributed by atoms with van der Waals surface area (Å²) < 4.78 is 7.18. The first kappa shape index (κ1) is 9.28. The van der Waals surface area contributed by atoms with E-state index in [-0.39, 0.29) is 5.82 Å². The zero-order valence-corrected chi connectivity index (χ0v) is 9.42. The molecule has 80 valence electrons.